The molecule has 0 saturated carbocycles. The van der Waals surface area contributed by atoms with Crippen LogP contribution < -0.4 is 0 Å². The van der Waals surface area contributed by atoms with Gasteiger partial charge in [0.1, 0.15) is 11.8 Å². The molecule has 0 bridgehead atoms. The van der Waals surface area contributed by atoms with Gasteiger partial charge in [0.15, 0.2) is 5.78 Å². The molecule has 3 aromatic rings. The first-order valence-electron chi connectivity index (χ1n) is 6.36. The van der Waals surface area contributed by atoms with Crippen LogP contribution in [0.4, 0.5) is 0 Å². The molecule has 0 saturated heterocycles. The molecule has 1 aromatic heterocycles. The van der Waals surface area contributed by atoms with Gasteiger partial charge in [-0.2, -0.15) is 5.26 Å². The van der Waals surface area contributed by atoms with Crippen LogP contribution in [0.2, 0.25) is 0 Å². The molecule has 0 radical (unpaired) electrons. The lowest BCUT2D eigenvalue weighted by atomic mass is 10.1. The number of rotatable bonds is 3. The van der Waals surface area contributed by atoms with E-state index in [1.807, 2.05) is 48.5 Å². The Balaban J connectivity index is 2.03. The number of benzene rings is 2. The van der Waals surface area contributed by atoms with Crippen molar-refractivity contribution in [2.45, 2.75) is 6.54 Å². The summed E-state index contributed by atoms with van der Waals surface area (Å²) in [6, 6.07) is 20.8. The largest absolute Gasteiger partial charge is 0.324 e. The Hall–Kier alpha value is -2.86. The Morgan fingerprint density at radius 1 is 1.05 bits per heavy atom. The van der Waals surface area contributed by atoms with Crippen molar-refractivity contribution < 1.29 is 4.79 Å². The fourth-order valence-electron chi connectivity index (χ4n) is 2.33. The summed E-state index contributed by atoms with van der Waals surface area (Å²) < 4.78 is 1.77. The average Bonchev–Trinajstić information content (AvgIpc) is 2.86. The SMILES string of the molecule is N#Cc1cc2ccccc2n1CC(=O)c1ccccc1. The quantitative estimate of drug-likeness (QED) is 0.677. The van der Waals surface area contributed by atoms with Gasteiger partial charge in [-0.3, -0.25) is 4.79 Å². The number of nitriles is 1. The average molecular weight is 260 g/mol. The van der Waals surface area contributed by atoms with E-state index < -0.39 is 0 Å². The molecule has 0 fully saturated rings. The summed E-state index contributed by atoms with van der Waals surface area (Å²) >= 11 is 0. The number of carbonyl (C=O) groups excluding carboxylic acids is 1. The fourth-order valence-corrected chi connectivity index (χ4v) is 2.33. The van der Waals surface area contributed by atoms with Crippen molar-refractivity contribution in [3.8, 4) is 6.07 Å². The molecular formula is C17H12N2O. The molecule has 96 valence electrons. The highest BCUT2D eigenvalue weighted by atomic mass is 16.1. The first kappa shape index (κ1) is 12.2. The van der Waals surface area contributed by atoms with Gasteiger partial charge in [0.25, 0.3) is 0 Å². The molecule has 0 N–H and O–H groups in total. The molecule has 0 atom stereocenters. The van der Waals surface area contributed by atoms with Crippen molar-refractivity contribution >= 4 is 16.7 Å². The highest BCUT2D eigenvalue weighted by Gasteiger charge is 2.12. The lowest BCUT2D eigenvalue weighted by Gasteiger charge is -2.06. The Labute approximate surface area is 116 Å². The van der Waals surface area contributed by atoms with Gasteiger partial charge in [0.05, 0.1) is 6.54 Å². The van der Waals surface area contributed by atoms with Crippen LogP contribution in [0.1, 0.15) is 16.1 Å². The van der Waals surface area contributed by atoms with Gasteiger partial charge < -0.3 is 4.57 Å². The maximum atomic E-state index is 12.3. The predicted octanol–water partition coefficient (Wildman–Crippen LogP) is 3.40. The van der Waals surface area contributed by atoms with Crippen LogP contribution >= 0.6 is 0 Å². The molecule has 3 nitrogen and oxygen atoms in total. The second-order valence-corrected chi connectivity index (χ2v) is 4.58. The van der Waals surface area contributed by atoms with Crippen LogP contribution in [0.5, 0.6) is 0 Å². The summed E-state index contributed by atoms with van der Waals surface area (Å²) in [6.07, 6.45) is 0. The van der Waals surface area contributed by atoms with Crippen LogP contribution in [0.25, 0.3) is 10.9 Å². The molecule has 0 spiro atoms. The van der Waals surface area contributed by atoms with Gasteiger partial charge in [0, 0.05) is 16.5 Å². The normalized spacial score (nSPS) is 10.3. The number of para-hydroxylation sites is 1. The second kappa shape index (κ2) is 5.02. The first-order valence-corrected chi connectivity index (χ1v) is 6.36. The molecule has 3 heteroatoms. The fraction of sp³-hybridized carbons (Fsp3) is 0.0588. The van der Waals surface area contributed by atoms with E-state index >= 15 is 0 Å². The molecule has 1 heterocycles. The number of aromatic nitrogens is 1. The van der Waals surface area contributed by atoms with Crippen molar-refractivity contribution in [1.82, 2.24) is 4.57 Å². The van der Waals surface area contributed by atoms with Crippen molar-refractivity contribution in [2.75, 3.05) is 0 Å². The van der Waals surface area contributed by atoms with E-state index in [0.717, 1.165) is 10.9 Å². The van der Waals surface area contributed by atoms with Gasteiger partial charge in [-0.1, -0.05) is 48.5 Å². The lowest BCUT2D eigenvalue weighted by Crippen LogP contribution is -2.11. The summed E-state index contributed by atoms with van der Waals surface area (Å²) in [4.78, 5) is 12.3. The van der Waals surface area contributed by atoms with Crippen molar-refractivity contribution in [3.63, 3.8) is 0 Å². The van der Waals surface area contributed by atoms with Crippen LogP contribution in [0.15, 0.2) is 60.7 Å². The summed E-state index contributed by atoms with van der Waals surface area (Å²) in [5, 5.41) is 10.2. The zero-order valence-electron chi connectivity index (χ0n) is 10.8. The highest BCUT2D eigenvalue weighted by molar-refractivity contribution is 5.97. The van der Waals surface area contributed by atoms with Crippen LogP contribution in [-0.2, 0) is 6.54 Å². The van der Waals surface area contributed by atoms with E-state index in [1.165, 1.54) is 0 Å². The van der Waals surface area contributed by atoms with Crippen molar-refractivity contribution in [3.05, 3.63) is 71.9 Å². The van der Waals surface area contributed by atoms with Crippen molar-refractivity contribution in [2.24, 2.45) is 0 Å². The number of nitrogens with zero attached hydrogens (tertiary/aromatic N) is 2. The summed E-state index contributed by atoms with van der Waals surface area (Å²) in [5.41, 5.74) is 2.08. The predicted molar refractivity (Wildman–Crippen MR) is 77.4 cm³/mol. The Bertz CT molecular complexity index is 810. The number of fused-ring (bicyclic) bond motifs is 1. The van der Waals surface area contributed by atoms with Gasteiger partial charge in [-0.25, -0.2) is 0 Å². The Kier molecular flexibility index (Phi) is 3.06. The van der Waals surface area contributed by atoms with E-state index in [4.69, 9.17) is 0 Å². The van der Waals surface area contributed by atoms with E-state index in [1.54, 1.807) is 16.7 Å². The smallest absolute Gasteiger partial charge is 0.182 e. The minimum absolute atomic E-state index is 0.00320. The molecule has 0 aliphatic rings. The number of ketones is 1. The second-order valence-electron chi connectivity index (χ2n) is 4.58. The topological polar surface area (TPSA) is 45.8 Å². The summed E-state index contributed by atoms with van der Waals surface area (Å²) in [7, 11) is 0. The Morgan fingerprint density at radius 3 is 2.50 bits per heavy atom. The monoisotopic (exact) mass is 260 g/mol. The number of hydrogen-bond acceptors (Lipinski definition) is 2. The maximum absolute atomic E-state index is 12.3. The molecule has 2 aromatic carbocycles. The van der Waals surface area contributed by atoms with Crippen LogP contribution in [0, 0.1) is 11.3 Å². The molecular weight excluding hydrogens is 248 g/mol. The standard InChI is InChI=1S/C17H12N2O/c18-11-15-10-14-8-4-5-9-16(14)19(15)12-17(20)13-6-2-1-3-7-13/h1-10H,12H2. The molecule has 0 aliphatic carbocycles. The van der Waals surface area contributed by atoms with E-state index in [-0.39, 0.29) is 12.3 Å². The molecule has 0 aliphatic heterocycles. The van der Waals surface area contributed by atoms with Crippen LogP contribution in [0.3, 0.4) is 0 Å². The van der Waals surface area contributed by atoms with Gasteiger partial charge in [0.2, 0.25) is 0 Å². The zero-order valence-corrected chi connectivity index (χ0v) is 10.8. The van der Waals surface area contributed by atoms with E-state index in [2.05, 4.69) is 6.07 Å². The Morgan fingerprint density at radius 2 is 1.75 bits per heavy atom. The molecule has 20 heavy (non-hydrogen) atoms. The highest BCUT2D eigenvalue weighted by Crippen LogP contribution is 2.20. The minimum atomic E-state index is 0.00320. The molecule has 0 amide bonds. The van der Waals surface area contributed by atoms with Gasteiger partial charge >= 0.3 is 0 Å². The third-order valence-corrected chi connectivity index (χ3v) is 3.32. The maximum Gasteiger partial charge on any atom is 0.182 e. The van der Waals surface area contributed by atoms with Gasteiger partial charge in [-0.05, 0) is 12.1 Å². The van der Waals surface area contributed by atoms with Gasteiger partial charge in [-0.15, -0.1) is 0 Å². The van der Waals surface area contributed by atoms with E-state index in [0.29, 0.717) is 11.3 Å². The summed E-state index contributed by atoms with van der Waals surface area (Å²) in [5.74, 6) is 0.00320. The number of hydrogen-bond donors (Lipinski definition) is 0. The number of carbonyl (C=O) groups is 1. The molecule has 3 rings (SSSR count). The number of Topliss-reactive ketones (excluding diaryl/α,β-unsaturated/α-hetero) is 1. The third kappa shape index (κ3) is 2.08. The summed E-state index contributed by atoms with van der Waals surface area (Å²) in [6.45, 7) is 0.181. The first-order chi connectivity index (χ1) is 9.79. The third-order valence-electron chi connectivity index (χ3n) is 3.32. The van der Waals surface area contributed by atoms with Crippen LogP contribution in [-0.4, -0.2) is 10.4 Å². The molecule has 0 unspecified atom stereocenters. The van der Waals surface area contributed by atoms with E-state index in [9.17, 15) is 10.1 Å². The van der Waals surface area contributed by atoms with Crippen molar-refractivity contribution in [1.29, 1.82) is 5.26 Å². The zero-order chi connectivity index (χ0) is 13.9. The lowest BCUT2D eigenvalue weighted by molar-refractivity contribution is 0.0973. The minimum Gasteiger partial charge on any atom is -0.324 e.